The van der Waals surface area contributed by atoms with E-state index in [0.29, 0.717) is 0 Å². The Morgan fingerprint density at radius 1 is 1.25 bits per heavy atom. The summed E-state index contributed by atoms with van der Waals surface area (Å²) < 4.78 is 13.1. The zero-order chi connectivity index (χ0) is 14.8. The highest BCUT2D eigenvalue weighted by Gasteiger charge is 2.11. The molecule has 1 heterocycles. The first-order valence-corrected chi connectivity index (χ1v) is 7.51. The lowest BCUT2D eigenvalue weighted by molar-refractivity contribution is 0.429. The van der Waals surface area contributed by atoms with Gasteiger partial charge in [-0.2, -0.15) is 0 Å². The van der Waals surface area contributed by atoms with E-state index in [1.807, 2.05) is 6.92 Å². The van der Waals surface area contributed by atoms with Crippen LogP contribution in [-0.2, 0) is 6.42 Å². The largest absolute Gasteiger partial charge is 0.312 e. The number of halogens is 1. The predicted molar refractivity (Wildman–Crippen MR) is 81.5 cm³/mol. The number of rotatable bonds is 4. The number of aryl methyl sites for hydroxylation is 1. The van der Waals surface area contributed by atoms with Crippen molar-refractivity contribution in [3.05, 3.63) is 34.6 Å². The second kappa shape index (κ2) is 5.97. The Bertz CT molecular complexity index is 587. The molecule has 108 valence electrons. The number of hydrogen-bond acceptors (Lipinski definition) is 4. The normalized spacial score (nSPS) is 11.8. The zero-order valence-corrected chi connectivity index (χ0v) is 13.1. The smallest absolute Gasteiger partial charge is 0.148 e. The molecule has 0 aliphatic heterocycles. The summed E-state index contributed by atoms with van der Waals surface area (Å²) in [6.45, 7) is 9.18. The van der Waals surface area contributed by atoms with Gasteiger partial charge in [-0.05, 0) is 51.5 Å². The van der Waals surface area contributed by atoms with Crippen molar-refractivity contribution in [3.8, 4) is 10.6 Å². The Balaban J connectivity index is 2.05. The predicted octanol–water partition coefficient (Wildman–Crippen LogP) is 3.58. The maximum Gasteiger partial charge on any atom is 0.148 e. The molecule has 0 saturated heterocycles. The third kappa shape index (κ3) is 4.08. The van der Waals surface area contributed by atoms with Crippen LogP contribution < -0.4 is 5.32 Å². The number of nitrogens with zero attached hydrogens (tertiary/aromatic N) is 2. The fraction of sp³-hybridized carbons (Fsp3) is 0.467. The van der Waals surface area contributed by atoms with Crippen LogP contribution in [0.15, 0.2) is 18.2 Å². The second-order valence-electron chi connectivity index (χ2n) is 5.89. The SMILES string of the molecule is Cc1cc(F)ccc1-c1nnc(CCNC(C)(C)C)s1. The summed E-state index contributed by atoms with van der Waals surface area (Å²) in [6.07, 6.45) is 0.856. The lowest BCUT2D eigenvalue weighted by Gasteiger charge is -2.19. The average molecular weight is 293 g/mol. The van der Waals surface area contributed by atoms with Crippen molar-refractivity contribution in [3.63, 3.8) is 0 Å². The Morgan fingerprint density at radius 2 is 2.00 bits per heavy atom. The Kier molecular flexibility index (Phi) is 4.50. The first kappa shape index (κ1) is 15.1. The van der Waals surface area contributed by atoms with Gasteiger partial charge in [0.2, 0.25) is 0 Å². The van der Waals surface area contributed by atoms with Crippen molar-refractivity contribution in [1.82, 2.24) is 15.5 Å². The third-order valence-electron chi connectivity index (χ3n) is 2.88. The number of benzene rings is 1. The van der Waals surface area contributed by atoms with Gasteiger partial charge >= 0.3 is 0 Å². The van der Waals surface area contributed by atoms with Crippen molar-refractivity contribution < 1.29 is 4.39 Å². The van der Waals surface area contributed by atoms with Crippen molar-refractivity contribution >= 4 is 11.3 Å². The molecule has 1 aromatic carbocycles. The average Bonchev–Trinajstić information content (AvgIpc) is 2.75. The lowest BCUT2D eigenvalue weighted by Crippen LogP contribution is -2.37. The molecule has 1 aromatic heterocycles. The zero-order valence-electron chi connectivity index (χ0n) is 12.3. The highest BCUT2D eigenvalue weighted by atomic mass is 32.1. The monoisotopic (exact) mass is 293 g/mol. The van der Waals surface area contributed by atoms with E-state index in [1.54, 1.807) is 17.4 Å². The molecule has 3 nitrogen and oxygen atoms in total. The van der Waals surface area contributed by atoms with Crippen LogP contribution in [0.2, 0.25) is 0 Å². The van der Waals surface area contributed by atoms with E-state index >= 15 is 0 Å². The fourth-order valence-electron chi connectivity index (χ4n) is 1.87. The minimum Gasteiger partial charge on any atom is -0.312 e. The van der Waals surface area contributed by atoms with Gasteiger partial charge in [-0.15, -0.1) is 10.2 Å². The summed E-state index contributed by atoms with van der Waals surface area (Å²) in [7, 11) is 0. The summed E-state index contributed by atoms with van der Waals surface area (Å²) in [6, 6.07) is 4.75. The second-order valence-corrected chi connectivity index (χ2v) is 6.95. The van der Waals surface area contributed by atoms with E-state index in [4.69, 9.17) is 0 Å². The Labute approximate surface area is 123 Å². The summed E-state index contributed by atoms with van der Waals surface area (Å²) >= 11 is 1.57. The number of hydrogen-bond donors (Lipinski definition) is 1. The van der Waals surface area contributed by atoms with Gasteiger partial charge in [-0.3, -0.25) is 0 Å². The summed E-state index contributed by atoms with van der Waals surface area (Å²) in [5.41, 5.74) is 1.96. The molecule has 2 aromatic rings. The van der Waals surface area contributed by atoms with Gasteiger partial charge in [0, 0.05) is 24.1 Å². The molecule has 0 atom stereocenters. The summed E-state index contributed by atoms with van der Waals surface area (Å²) in [5, 5.41) is 13.7. The highest BCUT2D eigenvalue weighted by molar-refractivity contribution is 7.14. The van der Waals surface area contributed by atoms with Crippen molar-refractivity contribution in [1.29, 1.82) is 0 Å². The van der Waals surface area contributed by atoms with E-state index in [-0.39, 0.29) is 11.4 Å². The standard InChI is InChI=1S/C15H20FN3S/c1-10-9-11(16)5-6-12(10)14-19-18-13(20-14)7-8-17-15(2,3)4/h5-6,9,17H,7-8H2,1-4H3. The van der Waals surface area contributed by atoms with Gasteiger partial charge in [0.1, 0.15) is 15.8 Å². The van der Waals surface area contributed by atoms with Crippen molar-refractivity contribution in [2.45, 2.75) is 39.7 Å². The van der Waals surface area contributed by atoms with E-state index < -0.39 is 0 Å². The molecule has 20 heavy (non-hydrogen) atoms. The number of nitrogens with one attached hydrogen (secondary N) is 1. The summed E-state index contributed by atoms with van der Waals surface area (Å²) in [5.74, 6) is -0.217. The van der Waals surface area contributed by atoms with Crippen LogP contribution in [0.5, 0.6) is 0 Å². The molecule has 0 saturated carbocycles. The van der Waals surface area contributed by atoms with Crippen LogP contribution >= 0.6 is 11.3 Å². The molecule has 0 aliphatic rings. The molecule has 0 radical (unpaired) electrons. The van der Waals surface area contributed by atoms with Gasteiger partial charge in [-0.1, -0.05) is 11.3 Å². The molecular weight excluding hydrogens is 273 g/mol. The molecule has 0 unspecified atom stereocenters. The van der Waals surface area contributed by atoms with Gasteiger partial charge in [0.25, 0.3) is 0 Å². The quantitative estimate of drug-likeness (QED) is 0.936. The van der Waals surface area contributed by atoms with Gasteiger partial charge in [0.15, 0.2) is 0 Å². The van der Waals surface area contributed by atoms with Crippen LogP contribution in [0.1, 0.15) is 31.3 Å². The van der Waals surface area contributed by atoms with Gasteiger partial charge in [0.05, 0.1) is 0 Å². The van der Waals surface area contributed by atoms with E-state index in [9.17, 15) is 4.39 Å². The molecule has 0 bridgehead atoms. The maximum absolute atomic E-state index is 13.1. The molecule has 0 amide bonds. The number of aromatic nitrogens is 2. The molecule has 0 aliphatic carbocycles. The van der Waals surface area contributed by atoms with Crippen LogP contribution in [0.25, 0.3) is 10.6 Å². The van der Waals surface area contributed by atoms with Crippen LogP contribution in [0, 0.1) is 12.7 Å². The minimum absolute atomic E-state index is 0.112. The lowest BCUT2D eigenvalue weighted by atomic mass is 10.1. The highest BCUT2D eigenvalue weighted by Crippen LogP contribution is 2.27. The van der Waals surface area contributed by atoms with Crippen LogP contribution in [-0.4, -0.2) is 22.3 Å². The van der Waals surface area contributed by atoms with E-state index in [0.717, 1.165) is 34.1 Å². The molecule has 2 rings (SSSR count). The third-order valence-corrected chi connectivity index (χ3v) is 3.90. The first-order chi connectivity index (χ1) is 9.35. The fourth-order valence-corrected chi connectivity index (χ4v) is 2.80. The Hall–Kier alpha value is -1.33. The molecule has 0 spiro atoms. The van der Waals surface area contributed by atoms with E-state index in [1.165, 1.54) is 12.1 Å². The van der Waals surface area contributed by atoms with Crippen LogP contribution in [0.4, 0.5) is 4.39 Å². The van der Waals surface area contributed by atoms with Gasteiger partial charge < -0.3 is 5.32 Å². The molecular formula is C15H20FN3S. The molecule has 5 heteroatoms. The first-order valence-electron chi connectivity index (χ1n) is 6.69. The molecule has 0 fully saturated rings. The van der Waals surface area contributed by atoms with E-state index in [2.05, 4.69) is 36.3 Å². The molecule has 1 N–H and O–H groups in total. The maximum atomic E-state index is 13.1. The van der Waals surface area contributed by atoms with Crippen molar-refractivity contribution in [2.24, 2.45) is 0 Å². The topological polar surface area (TPSA) is 37.8 Å². The minimum atomic E-state index is -0.217. The van der Waals surface area contributed by atoms with Crippen LogP contribution in [0.3, 0.4) is 0 Å². The van der Waals surface area contributed by atoms with Crippen molar-refractivity contribution in [2.75, 3.05) is 6.54 Å². The Morgan fingerprint density at radius 3 is 2.65 bits per heavy atom. The summed E-state index contributed by atoms with van der Waals surface area (Å²) in [4.78, 5) is 0. The van der Waals surface area contributed by atoms with Gasteiger partial charge in [-0.25, -0.2) is 4.39 Å².